The molecule has 0 atom stereocenters. The van der Waals surface area contributed by atoms with Gasteiger partial charge in [-0.15, -0.1) is 0 Å². The van der Waals surface area contributed by atoms with Crippen molar-refractivity contribution >= 4 is 34.6 Å². The zero-order valence-corrected chi connectivity index (χ0v) is 14.0. The Bertz CT molecular complexity index is 1040. The smallest absolute Gasteiger partial charge is 0.154 e. The Morgan fingerprint density at radius 1 is 1.35 bits per heavy atom. The Kier molecular flexibility index (Phi) is 3.76. The molecule has 0 aliphatic heterocycles. The van der Waals surface area contributed by atoms with Gasteiger partial charge in [0.15, 0.2) is 6.29 Å². The first-order valence-electron chi connectivity index (χ1n) is 8.04. The van der Waals surface area contributed by atoms with Gasteiger partial charge in [0.25, 0.3) is 0 Å². The number of aromatic nitrogens is 2. The Hall–Kier alpha value is -2.49. The minimum Gasteiger partial charge on any atom is -0.506 e. The summed E-state index contributed by atoms with van der Waals surface area (Å²) in [7, 11) is 0. The number of carbonyl (C=O) groups is 1. The van der Waals surface area contributed by atoms with E-state index < -0.39 is 0 Å². The number of aryl methyl sites for hydroxylation is 1. The van der Waals surface area contributed by atoms with Crippen molar-refractivity contribution in [1.29, 1.82) is 0 Å². The summed E-state index contributed by atoms with van der Waals surface area (Å²) in [6, 6.07) is 3.59. The van der Waals surface area contributed by atoms with Gasteiger partial charge in [-0.3, -0.25) is 9.20 Å². The predicted molar refractivity (Wildman–Crippen MR) is 94.4 cm³/mol. The van der Waals surface area contributed by atoms with Crippen LogP contribution in [-0.4, -0.2) is 20.8 Å². The van der Waals surface area contributed by atoms with Crippen LogP contribution in [0.3, 0.4) is 0 Å². The number of phenolic OH excluding ortho intramolecular Hbond substituents is 1. The van der Waals surface area contributed by atoms with Crippen LogP contribution in [-0.2, 0) is 0 Å². The van der Waals surface area contributed by atoms with Crippen molar-refractivity contribution in [3.05, 3.63) is 33.8 Å². The molecule has 23 heavy (non-hydrogen) atoms. The number of hydrogen-bond acceptors (Lipinski definition) is 2. The zero-order chi connectivity index (χ0) is 16.7. The minimum absolute atomic E-state index is 0.201. The summed E-state index contributed by atoms with van der Waals surface area (Å²) >= 11 is 0. The Morgan fingerprint density at radius 2 is 2.09 bits per heavy atom. The van der Waals surface area contributed by atoms with Gasteiger partial charge in [-0.25, -0.2) is 0 Å². The van der Waals surface area contributed by atoms with Crippen LogP contribution >= 0.6 is 0 Å². The van der Waals surface area contributed by atoms with Crippen LogP contribution in [0.25, 0.3) is 28.3 Å². The average molecular weight is 310 g/mol. The molecule has 0 amide bonds. The van der Waals surface area contributed by atoms with Crippen LogP contribution in [0.2, 0.25) is 0 Å². The number of fused-ring (bicyclic) bond motifs is 3. The molecular formula is C19H22N2O2. The lowest BCUT2D eigenvalue weighted by molar-refractivity contribution is 0.112. The third kappa shape index (κ3) is 2.09. The SMILES string of the molecule is CC/C=c1\c(C=O)c2[nH]c3c(O)ccc(C)c3n2\c1=C(\C)CC. The van der Waals surface area contributed by atoms with E-state index in [0.29, 0.717) is 11.1 Å². The second-order valence-corrected chi connectivity index (χ2v) is 5.97. The van der Waals surface area contributed by atoms with E-state index >= 15 is 0 Å². The predicted octanol–water partition coefficient (Wildman–Crippen LogP) is 3.02. The minimum atomic E-state index is 0.201. The number of phenols is 1. The quantitative estimate of drug-likeness (QED) is 0.731. The molecule has 0 saturated heterocycles. The van der Waals surface area contributed by atoms with Gasteiger partial charge < -0.3 is 10.1 Å². The third-order valence-corrected chi connectivity index (χ3v) is 4.53. The highest BCUT2D eigenvalue weighted by molar-refractivity contribution is 5.95. The Morgan fingerprint density at radius 3 is 2.70 bits per heavy atom. The van der Waals surface area contributed by atoms with E-state index in [9.17, 15) is 9.90 Å². The summed E-state index contributed by atoms with van der Waals surface area (Å²) in [6.07, 6.45) is 4.77. The number of nitrogens with one attached hydrogen (secondary N) is 1. The van der Waals surface area contributed by atoms with Crippen LogP contribution in [0.5, 0.6) is 5.75 Å². The van der Waals surface area contributed by atoms with E-state index in [4.69, 9.17) is 0 Å². The number of H-pyrrole nitrogens is 1. The molecule has 0 spiro atoms. The molecule has 0 saturated carbocycles. The number of rotatable bonds is 3. The van der Waals surface area contributed by atoms with Gasteiger partial charge in [-0.05, 0) is 43.9 Å². The summed E-state index contributed by atoms with van der Waals surface area (Å²) in [5, 5.41) is 12.2. The lowest BCUT2D eigenvalue weighted by Gasteiger charge is -2.02. The number of imidazole rings is 1. The van der Waals surface area contributed by atoms with Gasteiger partial charge in [0.1, 0.15) is 16.9 Å². The van der Waals surface area contributed by atoms with Gasteiger partial charge in [0.05, 0.1) is 16.4 Å². The topological polar surface area (TPSA) is 57.5 Å². The number of benzene rings is 1. The number of aldehydes is 1. The molecule has 3 rings (SSSR count). The second kappa shape index (κ2) is 5.61. The summed E-state index contributed by atoms with van der Waals surface area (Å²) < 4.78 is 2.09. The summed E-state index contributed by atoms with van der Waals surface area (Å²) in [5.74, 6) is 0.201. The van der Waals surface area contributed by atoms with Crippen molar-refractivity contribution in [3.63, 3.8) is 0 Å². The Balaban J connectivity index is 2.77. The Labute approximate surface area is 134 Å². The van der Waals surface area contributed by atoms with Crippen molar-refractivity contribution < 1.29 is 9.90 Å². The molecule has 0 aliphatic carbocycles. The molecule has 0 fully saturated rings. The second-order valence-electron chi connectivity index (χ2n) is 5.97. The van der Waals surface area contributed by atoms with E-state index in [1.165, 1.54) is 5.57 Å². The lowest BCUT2D eigenvalue weighted by Crippen LogP contribution is -2.29. The van der Waals surface area contributed by atoms with Crippen LogP contribution in [0.15, 0.2) is 12.1 Å². The number of hydrogen-bond donors (Lipinski definition) is 2. The third-order valence-electron chi connectivity index (χ3n) is 4.53. The molecule has 120 valence electrons. The molecule has 1 aromatic carbocycles. The monoisotopic (exact) mass is 310 g/mol. The number of aromatic hydroxyl groups is 1. The van der Waals surface area contributed by atoms with E-state index in [1.54, 1.807) is 6.07 Å². The maximum absolute atomic E-state index is 11.8. The number of nitrogens with zero attached hydrogens (tertiary/aromatic N) is 1. The molecule has 2 heterocycles. The zero-order valence-electron chi connectivity index (χ0n) is 14.0. The van der Waals surface area contributed by atoms with E-state index in [-0.39, 0.29) is 5.75 Å². The van der Waals surface area contributed by atoms with Gasteiger partial charge in [0.2, 0.25) is 0 Å². The van der Waals surface area contributed by atoms with E-state index in [2.05, 4.69) is 36.2 Å². The number of aromatic amines is 1. The van der Waals surface area contributed by atoms with Crippen molar-refractivity contribution in [2.24, 2.45) is 0 Å². The maximum Gasteiger partial charge on any atom is 0.154 e. The molecule has 2 aromatic heterocycles. The van der Waals surface area contributed by atoms with Gasteiger partial charge >= 0.3 is 0 Å². The fourth-order valence-electron chi connectivity index (χ4n) is 3.29. The van der Waals surface area contributed by atoms with Gasteiger partial charge in [-0.1, -0.05) is 26.0 Å². The van der Waals surface area contributed by atoms with Crippen molar-refractivity contribution in [3.8, 4) is 5.75 Å². The maximum atomic E-state index is 11.8. The molecule has 4 nitrogen and oxygen atoms in total. The highest BCUT2D eigenvalue weighted by Gasteiger charge is 2.17. The average Bonchev–Trinajstić information content (AvgIpc) is 3.05. The first-order valence-corrected chi connectivity index (χ1v) is 8.04. The molecule has 3 aromatic rings. The molecular weight excluding hydrogens is 288 g/mol. The van der Waals surface area contributed by atoms with Gasteiger partial charge in [0, 0.05) is 5.22 Å². The van der Waals surface area contributed by atoms with Crippen LogP contribution in [0.4, 0.5) is 0 Å². The first kappa shape index (κ1) is 15.4. The first-order chi connectivity index (χ1) is 11.0. The van der Waals surface area contributed by atoms with Crippen LogP contribution in [0.1, 0.15) is 49.5 Å². The molecule has 0 aliphatic rings. The summed E-state index contributed by atoms with van der Waals surface area (Å²) in [4.78, 5) is 15.0. The molecule has 0 radical (unpaired) electrons. The van der Waals surface area contributed by atoms with Crippen molar-refractivity contribution in [2.75, 3.05) is 0 Å². The summed E-state index contributed by atoms with van der Waals surface area (Å²) in [6.45, 7) is 8.30. The highest BCUT2D eigenvalue weighted by Crippen LogP contribution is 2.27. The van der Waals surface area contributed by atoms with Gasteiger partial charge in [-0.2, -0.15) is 0 Å². The largest absolute Gasteiger partial charge is 0.506 e. The standard InChI is InChI=1S/C19H22N2O2/c1-5-7-13-14(10-22)19-20-16-15(23)9-8-12(4)18(16)21(19)17(13)11(3)6-2/h7-10,20,23H,5-6H2,1-4H3/b13-7+,17-11-. The van der Waals surface area contributed by atoms with Crippen molar-refractivity contribution in [1.82, 2.24) is 9.38 Å². The lowest BCUT2D eigenvalue weighted by atomic mass is 10.1. The molecule has 2 N–H and O–H groups in total. The highest BCUT2D eigenvalue weighted by atomic mass is 16.3. The van der Waals surface area contributed by atoms with Crippen LogP contribution < -0.4 is 10.6 Å². The normalized spacial score (nSPS) is 14.0. The fourth-order valence-corrected chi connectivity index (χ4v) is 3.29. The fraction of sp³-hybridized carbons (Fsp3) is 0.316. The molecule has 4 heteroatoms. The van der Waals surface area contributed by atoms with E-state index in [1.807, 2.05) is 13.0 Å². The van der Waals surface area contributed by atoms with E-state index in [0.717, 1.165) is 46.4 Å². The van der Waals surface area contributed by atoms with Crippen LogP contribution in [0, 0.1) is 6.92 Å². The molecule has 0 bridgehead atoms. The number of carbonyl (C=O) groups excluding carboxylic acids is 1. The summed E-state index contributed by atoms with van der Waals surface area (Å²) in [5.41, 5.74) is 5.30. The van der Waals surface area contributed by atoms with Crippen molar-refractivity contribution in [2.45, 2.75) is 40.5 Å². The molecule has 0 unspecified atom stereocenters.